The van der Waals surface area contributed by atoms with Crippen LogP contribution in [0.5, 0.6) is 0 Å². The van der Waals surface area contributed by atoms with Gasteiger partial charge in [0.05, 0.1) is 0 Å². The van der Waals surface area contributed by atoms with Gasteiger partial charge >= 0.3 is 6.03 Å². The molecule has 1 saturated heterocycles. The largest absolute Gasteiger partial charge is 0.368 e. The van der Waals surface area contributed by atoms with E-state index < -0.39 is 0 Å². The molecule has 1 N–H and O–H groups in total. The second-order valence-corrected chi connectivity index (χ2v) is 8.20. The first-order valence-corrected chi connectivity index (χ1v) is 10.0. The summed E-state index contributed by atoms with van der Waals surface area (Å²) in [5.74, 6) is 0. The van der Waals surface area contributed by atoms with Crippen molar-refractivity contribution in [3.63, 3.8) is 0 Å². The Labute approximate surface area is 166 Å². The molecule has 0 aromatic heterocycles. The maximum atomic E-state index is 12.6. The highest BCUT2D eigenvalue weighted by Gasteiger charge is 2.44. The molecule has 142 valence electrons. The lowest BCUT2D eigenvalue weighted by atomic mass is 9.95. The maximum Gasteiger partial charge on any atom is 0.317 e. The Morgan fingerprint density at radius 3 is 2.41 bits per heavy atom. The number of amides is 2. The van der Waals surface area contributed by atoms with Crippen LogP contribution in [-0.2, 0) is 5.41 Å². The molecule has 27 heavy (non-hydrogen) atoms. The highest BCUT2D eigenvalue weighted by molar-refractivity contribution is 6.30. The minimum absolute atomic E-state index is 0.0548. The Bertz CT molecular complexity index is 809. The molecule has 1 aliphatic carbocycles. The minimum atomic E-state index is 0.0548. The van der Waals surface area contributed by atoms with E-state index in [1.807, 2.05) is 23.1 Å². The minimum Gasteiger partial charge on any atom is -0.368 e. The number of halogens is 1. The van der Waals surface area contributed by atoms with Gasteiger partial charge in [0.1, 0.15) is 0 Å². The first-order chi connectivity index (χ1) is 13.1. The van der Waals surface area contributed by atoms with Crippen LogP contribution < -0.4 is 10.2 Å². The fraction of sp³-hybridized carbons (Fsp3) is 0.409. The second kappa shape index (κ2) is 7.43. The van der Waals surface area contributed by atoms with E-state index in [4.69, 9.17) is 11.6 Å². The van der Waals surface area contributed by atoms with Crippen LogP contribution in [0.1, 0.15) is 24.0 Å². The highest BCUT2D eigenvalue weighted by atomic mass is 35.5. The predicted molar refractivity (Wildman–Crippen MR) is 111 cm³/mol. The maximum absolute atomic E-state index is 12.6. The summed E-state index contributed by atoms with van der Waals surface area (Å²) in [6.07, 6.45) is 2.30. The Kier molecular flexibility index (Phi) is 5.00. The summed E-state index contributed by atoms with van der Waals surface area (Å²) in [5.41, 5.74) is 3.89. The van der Waals surface area contributed by atoms with E-state index in [1.165, 1.54) is 11.1 Å². The van der Waals surface area contributed by atoms with Crippen LogP contribution in [0.25, 0.3) is 0 Å². The van der Waals surface area contributed by atoms with Crippen molar-refractivity contribution in [2.24, 2.45) is 0 Å². The first-order valence-electron chi connectivity index (χ1n) is 9.66. The summed E-state index contributed by atoms with van der Waals surface area (Å²) in [7, 11) is 0. The molecule has 0 radical (unpaired) electrons. The van der Waals surface area contributed by atoms with E-state index in [2.05, 4.69) is 47.5 Å². The van der Waals surface area contributed by atoms with Gasteiger partial charge in [-0.25, -0.2) is 4.79 Å². The average Bonchev–Trinajstić information content (AvgIpc) is 3.48. The SMILES string of the molecule is Cc1ccc(C2(CNC(=O)N3CCN(c4cccc(Cl)c4)CC3)CC2)cc1. The Morgan fingerprint density at radius 2 is 1.78 bits per heavy atom. The number of nitrogens with zero attached hydrogens (tertiary/aromatic N) is 2. The number of carbonyl (C=O) groups is 1. The fourth-order valence-corrected chi connectivity index (χ4v) is 4.01. The number of piperazine rings is 1. The normalized spacial score (nSPS) is 18.3. The zero-order valence-corrected chi connectivity index (χ0v) is 16.5. The molecular formula is C22H26ClN3O. The number of hydrogen-bond acceptors (Lipinski definition) is 2. The summed E-state index contributed by atoms with van der Waals surface area (Å²) < 4.78 is 0. The van der Waals surface area contributed by atoms with Crippen LogP contribution in [0.4, 0.5) is 10.5 Å². The smallest absolute Gasteiger partial charge is 0.317 e. The molecule has 0 spiro atoms. The standard InChI is InChI=1S/C22H26ClN3O/c1-17-5-7-18(8-6-17)22(9-10-22)16-24-21(27)26-13-11-25(12-14-26)20-4-2-3-19(23)15-20/h2-8,15H,9-14,16H2,1H3,(H,24,27). The van der Waals surface area contributed by atoms with Gasteiger partial charge in [0.2, 0.25) is 0 Å². The van der Waals surface area contributed by atoms with Crippen LogP contribution in [0.2, 0.25) is 5.02 Å². The Hall–Kier alpha value is -2.20. The van der Waals surface area contributed by atoms with Crippen LogP contribution >= 0.6 is 11.6 Å². The lowest BCUT2D eigenvalue weighted by molar-refractivity contribution is 0.193. The van der Waals surface area contributed by atoms with Gasteiger partial charge < -0.3 is 15.1 Å². The third kappa shape index (κ3) is 4.06. The van der Waals surface area contributed by atoms with Crippen molar-refractivity contribution in [2.45, 2.75) is 25.2 Å². The third-order valence-electron chi connectivity index (χ3n) is 5.84. The van der Waals surface area contributed by atoms with Crippen molar-refractivity contribution >= 4 is 23.3 Å². The molecule has 5 heteroatoms. The topological polar surface area (TPSA) is 35.6 Å². The molecule has 1 heterocycles. The van der Waals surface area contributed by atoms with Crippen molar-refractivity contribution in [3.8, 4) is 0 Å². The highest BCUT2D eigenvalue weighted by Crippen LogP contribution is 2.47. The van der Waals surface area contributed by atoms with Crippen molar-refractivity contribution in [3.05, 3.63) is 64.7 Å². The van der Waals surface area contributed by atoms with Crippen LogP contribution in [-0.4, -0.2) is 43.7 Å². The average molecular weight is 384 g/mol. The zero-order valence-electron chi connectivity index (χ0n) is 15.7. The van der Waals surface area contributed by atoms with Crippen LogP contribution in [0.3, 0.4) is 0 Å². The van der Waals surface area contributed by atoms with Gasteiger partial charge in [-0.2, -0.15) is 0 Å². The number of aryl methyl sites for hydroxylation is 1. The number of rotatable bonds is 4. The lowest BCUT2D eigenvalue weighted by Gasteiger charge is -2.36. The number of benzene rings is 2. The van der Waals surface area contributed by atoms with Gasteiger partial charge in [-0.05, 0) is 43.5 Å². The van der Waals surface area contributed by atoms with Crippen LogP contribution in [0, 0.1) is 6.92 Å². The van der Waals surface area contributed by atoms with Crippen LogP contribution in [0.15, 0.2) is 48.5 Å². The summed E-state index contributed by atoms with van der Waals surface area (Å²) in [5, 5.41) is 3.93. The molecule has 2 aliphatic rings. The summed E-state index contributed by atoms with van der Waals surface area (Å²) in [6.45, 7) is 5.96. The molecule has 0 bridgehead atoms. The molecule has 2 aromatic carbocycles. The fourth-order valence-electron chi connectivity index (χ4n) is 3.82. The van der Waals surface area contributed by atoms with Crippen molar-refractivity contribution in [1.82, 2.24) is 10.2 Å². The molecule has 0 unspecified atom stereocenters. The molecule has 4 rings (SSSR count). The number of urea groups is 1. The van der Waals surface area contributed by atoms with E-state index in [-0.39, 0.29) is 11.4 Å². The van der Waals surface area contributed by atoms with Gasteiger partial charge in [0.25, 0.3) is 0 Å². The molecule has 1 aliphatic heterocycles. The molecule has 2 aromatic rings. The van der Waals surface area contributed by atoms with Crippen molar-refractivity contribution < 1.29 is 4.79 Å². The molecule has 1 saturated carbocycles. The van der Waals surface area contributed by atoms with Gasteiger partial charge in [-0.15, -0.1) is 0 Å². The summed E-state index contributed by atoms with van der Waals surface area (Å²) >= 11 is 6.09. The number of nitrogens with one attached hydrogen (secondary N) is 1. The molecule has 0 atom stereocenters. The van der Waals surface area contributed by atoms with Crippen molar-refractivity contribution in [1.29, 1.82) is 0 Å². The predicted octanol–water partition coefficient (Wildman–Crippen LogP) is 4.21. The van der Waals surface area contributed by atoms with E-state index in [1.54, 1.807) is 0 Å². The van der Waals surface area contributed by atoms with E-state index in [0.29, 0.717) is 0 Å². The molecule has 2 amide bonds. The number of anilines is 1. The molecule has 4 nitrogen and oxygen atoms in total. The molecular weight excluding hydrogens is 358 g/mol. The lowest BCUT2D eigenvalue weighted by Crippen LogP contribution is -2.52. The quantitative estimate of drug-likeness (QED) is 0.858. The van der Waals surface area contributed by atoms with Gasteiger partial charge in [-0.3, -0.25) is 0 Å². The summed E-state index contributed by atoms with van der Waals surface area (Å²) in [6, 6.07) is 16.7. The van der Waals surface area contributed by atoms with Gasteiger partial charge in [0, 0.05) is 48.8 Å². The molecule has 2 fully saturated rings. The van der Waals surface area contributed by atoms with Crippen molar-refractivity contribution in [2.75, 3.05) is 37.6 Å². The van der Waals surface area contributed by atoms with E-state index >= 15 is 0 Å². The first kappa shape index (κ1) is 18.2. The number of carbonyl (C=O) groups excluding carboxylic acids is 1. The van der Waals surface area contributed by atoms with Gasteiger partial charge in [0.15, 0.2) is 0 Å². The number of hydrogen-bond donors (Lipinski definition) is 1. The van der Waals surface area contributed by atoms with E-state index in [9.17, 15) is 4.79 Å². The third-order valence-corrected chi connectivity index (χ3v) is 6.07. The Balaban J connectivity index is 1.29. The van der Waals surface area contributed by atoms with Gasteiger partial charge in [-0.1, -0.05) is 47.5 Å². The zero-order chi connectivity index (χ0) is 18.9. The van der Waals surface area contributed by atoms with E-state index in [0.717, 1.165) is 56.3 Å². The summed E-state index contributed by atoms with van der Waals surface area (Å²) in [4.78, 5) is 16.8. The Morgan fingerprint density at radius 1 is 1.07 bits per heavy atom. The second-order valence-electron chi connectivity index (χ2n) is 7.76. The monoisotopic (exact) mass is 383 g/mol.